The number of carbonyl (C=O) groups is 1. The molecule has 2 heterocycles. The molecule has 1 saturated heterocycles. The second-order valence-electron chi connectivity index (χ2n) is 4.80. The zero-order chi connectivity index (χ0) is 12.5. The lowest BCUT2D eigenvalue weighted by Crippen LogP contribution is -2.29. The van der Waals surface area contributed by atoms with Crippen LogP contribution in [0.1, 0.15) is 29.4 Å². The number of aromatic carboxylic acids is 1. The number of likely N-dealkylation sites (tertiary alicyclic amines) is 1. The van der Waals surface area contributed by atoms with Crippen molar-refractivity contribution in [1.29, 1.82) is 0 Å². The summed E-state index contributed by atoms with van der Waals surface area (Å²) < 4.78 is 0. The molecule has 0 spiro atoms. The van der Waals surface area contributed by atoms with Gasteiger partial charge in [0.25, 0.3) is 0 Å². The molecule has 0 bridgehead atoms. The van der Waals surface area contributed by atoms with E-state index in [1.807, 2.05) is 6.92 Å². The van der Waals surface area contributed by atoms with Gasteiger partial charge in [-0.3, -0.25) is 9.88 Å². The van der Waals surface area contributed by atoms with Gasteiger partial charge in [-0.2, -0.15) is 0 Å². The molecule has 1 atom stereocenters. The molecule has 0 saturated carbocycles. The highest BCUT2D eigenvalue weighted by atomic mass is 16.4. The van der Waals surface area contributed by atoms with Crippen molar-refractivity contribution in [2.24, 2.45) is 0 Å². The lowest BCUT2D eigenvalue weighted by atomic mass is 10.1. The van der Waals surface area contributed by atoms with E-state index in [2.05, 4.69) is 9.88 Å². The summed E-state index contributed by atoms with van der Waals surface area (Å²) in [6.07, 6.45) is 2.13. The third-order valence-corrected chi connectivity index (χ3v) is 2.99. The average molecular weight is 236 g/mol. The van der Waals surface area contributed by atoms with Crippen LogP contribution in [0.25, 0.3) is 0 Å². The first-order chi connectivity index (χ1) is 7.96. The van der Waals surface area contributed by atoms with Gasteiger partial charge in [0.15, 0.2) is 0 Å². The van der Waals surface area contributed by atoms with Crippen LogP contribution in [0.2, 0.25) is 0 Å². The minimum atomic E-state index is -0.965. The standard InChI is InChI=1S/C12H16N2O3/c1-12(17)4-5-14(8-12)7-10-3-2-9(6-13-10)11(15)16/h2-3,6,17H,4-5,7-8H2,1H3,(H,15,16). The van der Waals surface area contributed by atoms with Crippen molar-refractivity contribution in [1.82, 2.24) is 9.88 Å². The number of β-amino-alcohol motifs (C(OH)–C–C–N with tert-alkyl or cyclic N) is 1. The number of aromatic nitrogens is 1. The molecule has 2 N–H and O–H groups in total. The summed E-state index contributed by atoms with van der Waals surface area (Å²) in [5.41, 5.74) is 0.413. The van der Waals surface area contributed by atoms with Gasteiger partial charge >= 0.3 is 5.97 Å². The summed E-state index contributed by atoms with van der Waals surface area (Å²) in [4.78, 5) is 16.9. The molecule has 2 rings (SSSR count). The summed E-state index contributed by atoms with van der Waals surface area (Å²) in [5, 5.41) is 18.6. The Bertz CT molecular complexity index is 414. The van der Waals surface area contributed by atoms with Gasteiger partial charge in [0.05, 0.1) is 16.9 Å². The fourth-order valence-electron chi connectivity index (χ4n) is 2.05. The Kier molecular flexibility index (Phi) is 3.13. The zero-order valence-corrected chi connectivity index (χ0v) is 9.76. The zero-order valence-electron chi connectivity index (χ0n) is 9.76. The summed E-state index contributed by atoms with van der Waals surface area (Å²) in [5.74, 6) is -0.965. The van der Waals surface area contributed by atoms with E-state index in [1.54, 1.807) is 12.1 Å². The third-order valence-electron chi connectivity index (χ3n) is 2.99. The molecule has 0 aromatic carbocycles. The highest BCUT2D eigenvalue weighted by Crippen LogP contribution is 2.21. The number of hydrogen-bond donors (Lipinski definition) is 2. The molecule has 1 aromatic heterocycles. The first-order valence-electron chi connectivity index (χ1n) is 5.59. The van der Waals surface area contributed by atoms with E-state index >= 15 is 0 Å². The first kappa shape index (κ1) is 12.0. The molecule has 0 amide bonds. The van der Waals surface area contributed by atoms with Crippen molar-refractivity contribution in [3.63, 3.8) is 0 Å². The van der Waals surface area contributed by atoms with Crippen LogP contribution in [0, 0.1) is 0 Å². The van der Waals surface area contributed by atoms with Gasteiger partial charge in [-0.15, -0.1) is 0 Å². The number of pyridine rings is 1. The van der Waals surface area contributed by atoms with Gasteiger partial charge in [-0.05, 0) is 25.5 Å². The van der Waals surface area contributed by atoms with Crippen molar-refractivity contribution in [3.05, 3.63) is 29.6 Å². The smallest absolute Gasteiger partial charge is 0.337 e. The van der Waals surface area contributed by atoms with Crippen LogP contribution in [0.4, 0.5) is 0 Å². The molecular weight excluding hydrogens is 220 g/mol. The summed E-state index contributed by atoms with van der Waals surface area (Å²) in [7, 11) is 0. The maximum absolute atomic E-state index is 10.7. The van der Waals surface area contributed by atoms with Crippen LogP contribution in [-0.2, 0) is 6.54 Å². The van der Waals surface area contributed by atoms with Crippen LogP contribution in [0.15, 0.2) is 18.3 Å². The van der Waals surface area contributed by atoms with E-state index in [1.165, 1.54) is 6.20 Å². The molecule has 0 radical (unpaired) electrons. The largest absolute Gasteiger partial charge is 0.478 e. The van der Waals surface area contributed by atoms with Crippen molar-refractivity contribution in [3.8, 4) is 0 Å². The number of rotatable bonds is 3. The Balaban J connectivity index is 1.98. The van der Waals surface area contributed by atoms with Crippen molar-refractivity contribution in [2.75, 3.05) is 13.1 Å². The Morgan fingerprint density at radius 1 is 1.59 bits per heavy atom. The summed E-state index contributed by atoms with van der Waals surface area (Å²) in [6.45, 7) is 3.95. The SMILES string of the molecule is CC1(O)CCN(Cc2ccc(C(=O)O)cn2)C1. The number of hydrogen-bond acceptors (Lipinski definition) is 4. The van der Waals surface area contributed by atoms with E-state index in [-0.39, 0.29) is 5.56 Å². The normalized spacial score (nSPS) is 25.1. The van der Waals surface area contributed by atoms with Gasteiger partial charge in [-0.1, -0.05) is 0 Å². The monoisotopic (exact) mass is 236 g/mol. The molecule has 1 aromatic rings. The van der Waals surface area contributed by atoms with Crippen LogP contribution in [-0.4, -0.2) is 44.8 Å². The Morgan fingerprint density at radius 2 is 2.35 bits per heavy atom. The number of aliphatic hydroxyl groups is 1. The first-order valence-corrected chi connectivity index (χ1v) is 5.59. The van der Waals surface area contributed by atoms with Crippen molar-refractivity contribution >= 4 is 5.97 Å². The molecular formula is C12H16N2O3. The lowest BCUT2D eigenvalue weighted by molar-refractivity contribution is 0.0676. The minimum absolute atomic E-state index is 0.196. The van der Waals surface area contributed by atoms with Gasteiger partial charge in [0, 0.05) is 25.8 Å². The van der Waals surface area contributed by atoms with E-state index < -0.39 is 11.6 Å². The Labute approximate surface area is 99.7 Å². The van der Waals surface area contributed by atoms with Gasteiger partial charge in [-0.25, -0.2) is 4.79 Å². The van der Waals surface area contributed by atoms with Crippen LogP contribution >= 0.6 is 0 Å². The van der Waals surface area contributed by atoms with E-state index in [0.717, 1.165) is 18.7 Å². The van der Waals surface area contributed by atoms with Gasteiger partial charge < -0.3 is 10.2 Å². The van der Waals surface area contributed by atoms with Crippen LogP contribution in [0.3, 0.4) is 0 Å². The van der Waals surface area contributed by atoms with E-state index in [9.17, 15) is 9.90 Å². The van der Waals surface area contributed by atoms with Gasteiger partial charge in [0.2, 0.25) is 0 Å². The summed E-state index contributed by atoms with van der Waals surface area (Å²) >= 11 is 0. The minimum Gasteiger partial charge on any atom is -0.478 e. The maximum Gasteiger partial charge on any atom is 0.337 e. The Hall–Kier alpha value is -1.46. The average Bonchev–Trinajstić information content (AvgIpc) is 2.59. The van der Waals surface area contributed by atoms with Crippen LogP contribution in [0.5, 0.6) is 0 Å². The Morgan fingerprint density at radius 3 is 2.82 bits per heavy atom. The lowest BCUT2D eigenvalue weighted by Gasteiger charge is -2.18. The molecule has 1 aliphatic heterocycles. The topological polar surface area (TPSA) is 73.7 Å². The highest BCUT2D eigenvalue weighted by Gasteiger charge is 2.31. The number of carboxylic acid groups (broad SMARTS) is 1. The third kappa shape index (κ3) is 3.01. The quantitative estimate of drug-likeness (QED) is 0.809. The fraction of sp³-hybridized carbons (Fsp3) is 0.500. The van der Waals surface area contributed by atoms with Crippen molar-refractivity contribution in [2.45, 2.75) is 25.5 Å². The molecule has 1 aliphatic rings. The van der Waals surface area contributed by atoms with Crippen molar-refractivity contribution < 1.29 is 15.0 Å². The molecule has 92 valence electrons. The summed E-state index contributed by atoms with van der Waals surface area (Å²) in [6, 6.07) is 3.27. The van der Waals surface area contributed by atoms with Crippen LogP contribution < -0.4 is 0 Å². The predicted molar refractivity (Wildman–Crippen MR) is 61.7 cm³/mol. The molecule has 17 heavy (non-hydrogen) atoms. The fourth-order valence-corrected chi connectivity index (χ4v) is 2.05. The molecule has 1 unspecified atom stereocenters. The second kappa shape index (κ2) is 4.43. The maximum atomic E-state index is 10.7. The highest BCUT2D eigenvalue weighted by molar-refractivity contribution is 5.87. The predicted octanol–water partition coefficient (Wildman–Crippen LogP) is 0.737. The molecule has 0 aliphatic carbocycles. The number of carboxylic acids is 1. The van der Waals surface area contributed by atoms with E-state index in [4.69, 9.17) is 5.11 Å². The molecule has 5 nitrogen and oxygen atoms in total. The molecule has 5 heteroatoms. The second-order valence-corrected chi connectivity index (χ2v) is 4.80. The van der Waals surface area contributed by atoms with E-state index in [0.29, 0.717) is 13.1 Å². The molecule has 1 fully saturated rings. The van der Waals surface area contributed by atoms with Gasteiger partial charge in [0.1, 0.15) is 0 Å². The number of nitrogens with zero attached hydrogens (tertiary/aromatic N) is 2.